The lowest BCUT2D eigenvalue weighted by Crippen LogP contribution is -2.36. The van der Waals surface area contributed by atoms with Crippen LogP contribution in [0.25, 0.3) is 27.6 Å². The number of nitrogens with two attached hydrogens (primary N) is 1. The predicted octanol–water partition coefficient (Wildman–Crippen LogP) is 3.60. The van der Waals surface area contributed by atoms with Crippen molar-refractivity contribution in [1.29, 1.82) is 0 Å². The van der Waals surface area contributed by atoms with Crippen LogP contribution in [0.15, 0.2) is 42.6 Å². The first-order valence-electron chi connectivity index (χ1n) is 10.8. The maximum Gasteiger partial charge on any atom is 0.251 e. The SMILES string of the molecule is CCCc1nc2c(C(N)=O)cc(N3CCOCC3)cc2n1-c1ccnc2c(F)cccc12. The van der Waals surface area contributed by atoms with Gasteiger partial charge >= 0.3 is 0 Å². The van der Waals surface area contributed by atoms with Gasteiger partial charge in [-0.05, 0) is 30.7 Å². The number of pyridine rings is 1. The van der Waals surface area contributed by atoms with E-state index in [2.05, 4.69) is 16.8 Å². The molecule has 164 valence electrons. The lowest BCUT2D eigenvalue weighted by Gasteiger charge is -2.29. The monoisotopic (exact) mass is 433 g/mol. The summed E-state index contributed by atoms with van der Waals surface area (Å²) in [6.45, 7) is 4.77. The molecule has 0 radical (unpaired) electrons. The zero-order valence-electron chi connectivity index (χ0n) is 17.8. The molecule has 4 aromatic rings. The number of halogens is 1. The molecular formula is C24H24FN5O2. The van der Waals surface area contributed by atoms with E-state index in [0.717, 1.165) is 42.2 Å². The Balaban J connectivity index is 1.83. The summed E-state index contributed by atoms with van der Waals surface area (Å²) >= 11 is 0. The number of anilines is 1. The first kappa shape index (κ1) is 20.4. The Morgan fingerprint density at radius 1 is 1.19 bits per heavy atom. The topological polar surface area (TPSA) is 86.3 Å². The highest BCUT2D eigenvalue weighted by Gasteiger charge is 2.22. The smallest absolute Gasteiger partial charge is 0.251 e. The molecule has 8 heteroatoms. The van der Waals surface area contributed by atoms with Crippen molar-refractivity contribution >= 4 is 33.5 Å². The molecule has 1 saturated heterocycles. The number of para-hydroxylation sites is 1. The van der Waals surface area contributed by atoms with Gasteiger partial charge in [0.15, 0.2) is 0 Å². The number of fused-ring (bicyclic) bond motifs is 2. The number of ether oxygens (including phenoxy) is 1. The lowest BCUT2D eigenvalue weighted by molar-refractivity contribution is 0.100. The number of aryl methyl sites for hydroxylation is 1. The Bertz CT molecular complexity index is 1330. The highest BCUT2D eigenvalue weighted by atomic mass is 19.1. The molecule has 32 heavy (non-hydrogen) atoms. The third kappa shape index (κ3) is 3.36. The van der Waals surface area contributed by atoms with E-state index >= 15 is 0 Å². The second kappa shape index (κ2) is 8.20. The van der Waals surface area contributed by atoms with Crippen molar-refractivity contribution in [2.75, 3.05) is 31.2 Å². The molecule has 0 saturated carbocycles. The van der Waals surface area contributed by atoms with E-state index in [1.807, 2.05) is 28.8 Å². The van der Waals surface area contributed by atoms with Gasteiger partial charge < -0.3 is 15.4 Å². The maximum atomic E-state index is 14.5. The summed E-state index contributed by atoms with van der Waals surface area (Å²) in [7, 11) is 0. The molecule has 2 aromatic carbocycles. The van der Waals surface area contributed by atoms with Crippen LogP contribution in [0.2, 0.25) is 0 Å². The molecule has 0 bridgehead atoms. The van der Waals surface area contributed by atoms with Crippen LogP contribution in [0.3, 0.4) is 0 Å². The van der Waals surface area contributed by atoms with E-state index < -0.39 is 5.91 Å². The highest BCUT2D eigenvalue weighted by Crippen LogP contribution is 2.33. The van der Waals surface area contributed by atoms with Crippen molar-refractivity contribution in [1.82, 2.24) is 14.5 Å². The van der Waals surface area contributed by atoms with Gasteiger partial charge in [-0.1, -0.05) is 19.1 Å². The molecule has 7 nitrogen and oxygen atoms in total. The van der Waals surface area contributed by atoms with E-state index in [1.54, 1.807) is 12.3 Å². The number of hydrogen-bond donors (Lipinski definition) is 1. The van der Waals surface area contributed by atoms with Crippen molar-refractivity contribution < 1.29 is 13.9 Å². The van der Waals surface area contributed by atoms with Crippen molar-refractivity contribution in [3.63, 3.8) is 0 Å². The van der Waals surface area contributed by atoms with E-state index in [-0.39, 0.29) is 5.82 Å². The Kier molecular flexibility index (Phi) is 5.22. The number of benzene rings is 2. The van der Waals surface area contributed by atoms with Crippen LogP contribution in [-0.2, 0) is 11.2 Å². The number of nitrogens with zero attached hydrogens (tertiary/aromatic N) is 4. The number of aromatic nitrogens is 3. The fourth-order valence-corrected chi connectivity index (χ4v) is 4.38. The van der Waals surface area contributed by atoms with Crippen LogP contribution in [0, 0.1) is 5.82 Å². The molecule has 1 aliphatic heterocycles. The van der Waals surface area contributed by atoms with Gasteiger partial charge in [0.1, 0.15) is 22.7 Å². The summed E-state index contributed by atoms with van der Waals surface area (Å²) in [4.78, 5) is 23.6. The second-order valence-corrected chi connectivity index (χ2v) is 7.90. The van der Waals surface area contributed by atoms with Gasteiger partial charge in [-0.2, -0.15) is 0 Å². The normalized spacial score (nSPS) is 14.4. The van der Waals surface area contributed by atoms with Crippen molar-refractivity contribution in [3.05, 3.63) is 59.8 Å². The predicted molar refractivity (Wildman–Crippen MR) is 122 cm³/mol. The highest BCUT2D eigenvalue weighted by molar-refractivity contribution is 6.06. The van der Waals surface area contributed by atoms with Gasteiger partial charge in [0, 0.05) is 36.8 Å². The summed E-state index contributed by atoms with van der Waals surface area (Å²) in [5.74, 6) is -0.109. The number of imidazole rings is 1. The molecule has 0 atom stereocenters. The quantitative estimate of drug-likeness (QED) is 0.520. The number of morpholine rings is 1. The zero-order chi connectivity index (χ0) is 22.2. The molecular weight excluding hydrogens is 409 g/mol. The van der Waals surface area contributed by atoms with Gasteiger partial charge in [0.25, 0.3) is 5.91 Å². The second-order valence-electron chi connectivity index (χ2n) is 7.90. The number of amides is 1. The molecule has 1 aliphatic rings. The van der Waals surface area contributed by atoms with E-state index in [1.165, 1.54) is 6.07 Å². The largest absolute Gasteiger partial charge is 0.378 e. The maximum absolute atomic E-state index is 14.5. The molecule has 2 N–H and O–H groups in total. The van der Waals surface area contributed by atoms with Gasteiger partial charge in [0.2, 0.25) is 0 Å². The molecule has 5 rings (SSSR count). The van der Waals surface area contributed by atoms with Crippen LogP contribution in [0.4, 0.5) is 10.1 Å². The van der Waals surface area contributed by atoms with Crippen LogP contribution >= 0.6 is 0 Å². The summed E-state index contributed by atoms with van der Waals surface area (Å²) in [5, 5.41) is 0.682. The van der Waals surface area contributed by atoms with E-state index in [4.69, 9.17) is 15.5 Å². The molecule has 0 aliphatic carbocycles. The van der Waals surface area contributed by atoms with Crippen molar-refractivity contribution in [3.8, 4) is 5.69 Å². The fraction of sp³-hybridized carbons (Fsp3) is 0.292. The molecule has 0 spiro atoms. The van der Waals surface area contributed by atoms with Crippen molar-refractivity contribution in [2.24, 2.45) is 5.73 Å². The summed E-state index contributed by atoms with van der Waals surface area (Å²) in [6, 6.07) is 10.6. The fourth-order valence-electron chi connectivity index (χ4n) is 4.38. The first-order valence-corrected chi connectivity index (χ1v) is 10.8. The van der Waals surface area contributed by atoms with E-state index in [9.17, 15) is 9.18 Å². The standard InChI is InChI=1S/C24H24FN5O2/c1-2-4-21-28-23-17(24(26)31)13-15(29-9-11-32-12-10-29)14-20(23)30(21)19-7-8-27-22-16(19)5-3-6-18(22)25/h3,5-8,13-14H,2,4,9-12H2,1H3,(H2,26,31). The van der Waals surface area contributed by atoms with Crippen molar-refractivity contribution in [2.45, 2.75) is 19.8 Å². The average molecular weight is 433 g/mol. The number of hydrogen-bond acceptors (Lipinski definition) is 5. The first-order chi connectivity index (χ1) is 15.6. The molecule has 0 unspecified atom stereocenters. The molecule has 3 heterocycles. The summed E-state index contributed by atoms with van der Waals surface area (Å²) in [6.07, 6.45) is 3.16. The molecule has 1 amide bonds. The Morgan fingerprint density at radius 2 is 2.00 bits per heavy atom. The summed E-state index contributed by atoms with van der Waals surface area (Å²) in [5.41, 5.74) is 9.44. The molecule has 2 aromatic heterocycles. The Morgan fingerprint density at radius 3 is 2.75 bits per heavy atom. The minimum Gasteiger partial charge on any atom is -0.378 e. The van der Waals surface area contributed by atoms with Crippen LogP contribution in [0.1, 0.15) is 29.5 Å². The lowest BCUT2D eigenvalue weighted by atomic mass is 10.1. The van der Waals surface area contributed by atoms with Crippen LogP contribution in [-0.4, -0.2) is 46.7 Å². The van der Waals surface area contributed by atoms with E-state index in [0.29, 0.717) is 41.6 Å². The molecule has 1 fully saturated rings. The van der Waals surface area contributed by atoms with Crippen LogP contribution < -0.4 is 10.6 Å². The number of carbonyl (C=O) groups excluding carboxylic acids is 1. The van der Waals surface area contributed by atoms with Gasteiger partial charge in [0.05, 0.1) is 30.0 Å². The minimum atomic E-state index is -0.525. The number of carbonyl (C=O) groups is 1. The Hall–Kier alpha value is -3.52. The zero-order valence-corrected chi connectivity index (χ0v) is 17.8. The third-order valence-electron chi connectivity index (χ3n) is 5.87. The van der Waals surface area contributed by atoms with Gasteiger partial charge in [-0.3, -0.25) is 14.3 Å². The Labute approximate surface area is 184 Å². The van der Waals surface area contributed by atoms with Gasteiger partial charge in [-0.15, -0.1) is 0 Å². The minimum absolute atomic E-state index is 0.300. The van der Waals surface area contributed by atoms with Gasteiger partial charge in [-0.25, -0.2) is 9.37 Å². The number of primary amides is 1. The summed E-state index contributed by atoms with van der Waals surface area (Å²) < 4.78 is 22.0. The van der Waals surface area contributed by atoms with Crippen LogP contribution in [0.5, 0.6) is 0 Å². The third-order valence-corrected chi connectivity index (χ3v) is 5.87. The number of rotatable bonds is 5. The average Bonchev–Trinajstić information content (AvgIpc) is 3.17.